The average Bonchev–Trinajstić information content (AvgIpc) is 3.01. The number of hydrogen-bond acceptors (Lipinski definition) is 13. The summed E-state index contributed by atoms with van der Waals surface area (Å²) in [6, 6.07) is 0. The van der Waals surface area contributed by atoms with E-state index in [-0.39, 0.29) is 12.6 Å². The van der Waals surface area contributed by atoms with Gasteiger partial charge >= 0.3 is 5.97 Å². The lowest BCUT2D eigenvalue weighted by atomic mass is 10.1. The number of ether oxygens (including phenoxy) is 11. The van der Waals surface area contributed by atoms with Crippen LogP contribution in [0.3, 0.4) is 0 Å². The van der Waals surface area contributed by atoms with Gasteiger partial charge in [-0.05, 0) is 6.42 Å². The van der Waals surface area contributed by atoms with E-state index in [0.29, 0.717) is 145 Å². The van der Waals surface area contributed by atoms with Crippen LogP contribution in [-0.2, 0) is 56.9 Å². The monoisotopic (exact) mass is 627 g/mol. The fourth-order valence-corrected chi connectivity index (χ4v) is 3.32. The molecule has 0 aliphatic heterocycles. The molecular weight excluding hydrogens is 566 g/mol. The molecule has 0 aromatic heterocycles. The van der Waals surface area contributed by atoms with Crippen LogP contribution < -0.4 is 5.73 Å². The lowest BCUT2D eigenvalue weighted by Gasteiger charge is -2.09. The molecule has 13 heteroatoms. The molecule has 0 bridgehead atoms. The molecule has 0 saturated heterocycles. The zero-order chi connectivity index (χ0) is 31.2. The van der Waals surface area contributed by atoms with Gasteiger partial charge in [0.2, 0.25) is 0 Å². The molecule has 13 nitrogen and oxygen atoms in total. The number of carbonyl (C=O) groups is 1. The Hall–Kier alpha value is -0.970. The maximum absolute atomic E-state index is 11.6. The molecular formula is C30H61NO12. The largest absolute Gasteiger partial charge is 0.463 e. The van der Waals surface area contributed by atoms with Crippen molar-refractivity contribution >= 4 is 5.97 Å². The first-order valence-electron chi connectivity index (χ1n) is 15.9. The molecule has 0 fully saturated rings. The van der Waals surface area contributed by atoms with E-state index in [9.17, 15) is 4.79 Å². The lowest BCUT2D eigenvalue weighted by Crippen LogP contribution is -2.16. The second kappa shape index (κ2) is 39.1. The Balaban J connectivity index is 3.08. The van der Waals surface area contributed by atoms with E-state index in [2.05, 4.69) is 6.92 Å². The van der Waals surface area contributed by atoms with Crippen LogP contribution in [0, 0.1) is 0 Å². The highest BCUT2D eigenvalue weighted by Gasteiger charge is 2.02. The minimum absolute atomic E-state index is 0.147. The Bertz CT molecular complexity index is 533. The van der Waals surface area contributed by atoms with Crippen molar-refractivity contribution in [3.05, 3.63) is 0 Å². The molecule has 0 heterocycles. The second-order valence-electron chi connectivity index (χ2n) is 9.30. The third kappa shape index (κ3) is 39.0. The van der Waals surface area contributed by atoms with Crippen molar-refractivity contribution in [2.75, 3.05) is 145 Å². The normalized spacial score (nSPS) is 11.4. The smallest absolute Gasteiger partial charge is 0.305 e. The van der Waals surface area contributed by atoms with Crippen molar-refractivity contribution in [1.29, 1.82) is 0 Å². The van der Waals surface area contributed by atoms with Gasteiger partial charge in [-0.2, -0.15) is 0 Å². The van der Waals surface area contributed by atoms with E-state index < -0.39 is 0 Å². The lowest BCUT2D eigenvalue weighted by molar-refractivity contribution is -0.145. The van der Waals surface area contributed by atoms with Crippen molar-refractivity contribution in [3.63, 3.8) is 0 Å². The summed E-state index contributed by atoms with van der Waals surface area (Å²) in [5.74, 6) is -0.147. The zero-order valence-electron chi connectivity index (χ0n) is 26.8. The van der Waals surface area contributed by atoms with Crippen LogP contribution in [-0.4, -0.2) is 151 Å². The van der Waals surface area contributed by atoms with Gasteiger partial charge in [0.05, 0.1) is 132 Å². The second-order valence-corrected chi connectivity index (χ2v) is 9.30. The van der Waals surface area contributed by atoms with Gasteiger partial charge in [0.15, 0.2) is 0 Å². The molecule has 0 aliphatic rings. The van der Waals surface area contributed by atoms with E-state index in [4.69, 9.17) is 57.8 Å². The molecule has 0 aromatic rings. The molecule has 258 valence electrons. The molecule has 0 amide bonds. The van der Waals surface area contributed by atoms with E-state index in [0.717, 1.165) is 12.8 Å². The summed E-state index contributed by atoms with van der Waals surface area (Å²) >= 11 is 0. The fraction of sp³-hybridized carbons (Fsp3) is 0.967. The Morgan fingerprint density at radius 2 is 0.674 bits per heavy atom. The van der Waals surface area contributed by atoms with Gasteiger partial charge in [-0.15, -0.1) is 0 Å². The predicted molar refractivity (Wildman–Crippen MR) is 162 cm³/mol. The zero-order valence-corrected chi connectivity index (χ0v) is 26.8. The minimum Gasteiger partial charge on any atom is -0.463 e. The van der Waals surface area contributed by atoms with Crippen LogP contribution in [0.15, 0.2) is 0 Å². The summed E-state index contributed by atoms with van der Waals surface area (Å²) in [6.45, 7) is 13.0. The summed E-state index contributed by atoms with van der Waals surface area (Å²) in [6.07, 6.45) is 6.08. The first-order chi connectivity index (χ1) is 21.3. The fourth-order valence-electron chi connectivity index (χ4n) is 3.32. The van der Waals surface area contributed by atoms with Crippen LogP contribution in [0.2, 0.25) is 0 Å². The Morgan fingerprint density at radius 3 is 0.977 bits per heavy atom. The van der Waals surface area contributed by atoms with Crippen LogP contribution in [0.5, 0.6) is 0 Å². The SMILES string of the molecule is CCCCCCCC(=O)OCCOCCOCCOCCOCCOCCOCCOCCOCCOCCOCCN. The molecule has 0 aromatic carbocycles. The van der Waals surface area contributed by atoms with Crippen LogP contribution >= 0.6 is 0 Å². The van der Waals surface area contributed by atoms with Crippen LogP contribution in [0.4, 0.5) is 0 Å². The van der Waals surface area contributed by atoms with Gasteiger partial charge in [0.25, 0.3) is 0 Å². The first kappa shape index (κ1) is 42.0. The first-order valence-corrected chi connectivity index (χ1v) is 15.9. The van der Waals surface area contributed by atoms with Crippen molar-refractivity contribution in [3.8, 4) is 0 Å². The predicted octanol–water partition coefficient (Wildman–Crippen LogP) is 2.01. The van der Waals surface area contributed by atoms with E-state index in [1.807, 2.05) is 0 Å². The van der Waals surface area contributed by atoms with Crippen molar-refractivity contribution < 1.29 is 56.9 Å². The van der Waals surface area contributed by atoms with Gasteiger partial charge in [-0.3, -0.25) is 4.79 Å². The number of unbranched alkanes of at least 4 members (excludes halogenated alkanes) is 4. The highest BCUT2D eigenvalue weighted by Crippen LogP contribution is 2.05. The van der Waals surface area contributed by atoms with Crippen LogP contribution in [0.1, 0.15) is 45.4 Å². The van der Waals surface area contributed by atoms with Gasteiger partial charge < -0.3 is 57.8 Å². The van der Waals surface area contributed by atoms with E-state index in [1.54, 1.807) is 0 Å². The quantitative estimate of drug-likeness (QED) is 0.0788. The summed E-state index contributed by atoms with van der Waals surface area (Å²) in [7, 11) is 0. The maximum Gasteiger partial charge on any atom is 0.305 e. The highest BCUT2D eigenvalue weighted by atomic mass is 16.6. The third-order valence-electron chi connectivity index (χ3n) is 5.59. The molecule has 2 N–H and O–H groups in total. The highest BCUT2D eigenvalue weighted by molar-refractivity contribution is 5.69. The third-order valence-corrected chi connectivity index (χ3v) is 5.59. The van der Waals surface area contributed by atoms with Gasteiger partial charge in [0, 0.05) is 13.0 Å². The molecule has 0 spiro atoms. The summed E-state index contributed by atoms with van der Waals surface area (Å²) < 4.78 is 59.3. The number of esters is 1. The number of carbonyl (C=O) groups excluding carboxylic acids is 1. The number of rotatable bonds is 38. The van der Waals surface area contributed by atoms with E-state index >= 15 is 0 Å². The average molecular weight is 628 g/mol. The number of nitrogens with two attached hydrogens (primary N) is 1. The van der Waals surface area contributed by atoms with Crippen molar-refractivity contribution in [2.45, 2.75) is 45.4 Å². The molecule has 0 aliphatic carbocycles. The molecule has 0 rings (SSSR count). The maximum atomic E-state index is 11.6. The van der Waals surface area contributed by atoms with Crippen molar-refractivity contribution in [1.82, 2.24) is 0 Å². The van der Waals surface area contributed by atoms with Gasteiger partial charge in [-0.1, -0.05) is 32.6 Å². The minimum atomic E-state index is -0.147. The number of hydrogen-bond donors (Lipinski definition) is 1. The summed E-state index contributed by atoms with van der Waals surface area (Å²) in [4.78, 5) is 11.6. The Morgan fingerprint density at radius 1 is 0.395 bits per heavy atom. The van der Waals surface area contributed by atoms with Gasteiger partial charge in [0.1, 0.15) is 6.61 Å². The Labute approximate surface area is 259 Å². The van der Waals surface area contributed by atoms with Gasteiger partial charge in [-0.25, -0.2) is 0 Å². The molecule has 0 radical (unpaired) electrons. The molecule has 43 heavy (non-hydrogen) atoms. The van der Waals surface area contributed by atoms with E-state index in [1.165, 1.54) is 19.3 Å². The summed E-state index contributed by atoms with van der Waals surface area (Å²) in [5.41, 5.74) is 5.33. The topological polar surface area (TPSA) is 145 Å². The molecule has 0 unspecified atom stereocenters. The van der Waals surface area contributed by atoms with Crippen molar-refractivity contribution in [2.24, 2.45) is 5.73 Å². The molecule has 0 atom stereocenters. The standard InChI is InChI=1S/C30H61NO12/c1-2-3-4-5-6-7-30(32)43-29-28-42-27-26-41-25-24-40-23-22-39-21-20-38-19-18-37-17-16-36-15-14-35-13-12-34-11-10-33-9-8-31/h2-29,31H2,1H3. The van der Waals surface area contributed by atoms with Crippen LogP contribution in [0.25, 0.3) is 0 Å². The summed E-state index contributed by atoms with van der Waals surface area (Å²) in [5, 5.41) is 0. The molecule has 0 saturated carbocycles. The Kier molecular flexibility index (Phi) is 38.2.